The van der Waals surface area contributed by atoms with Gasteiger partial charge in [-0.15, -0.1) is 0 Å². The molecule has 0 spiro atoms. The largest absolute Gasteiger partial charge is 0.347 e. The summed E-state index contributed by atoms with van der Waals surface area (Å²) in [5, 5.41) is 3.33. The van der Waals surface area contributed by atoms with E-state index in [1.807, 2.05) is 22.9 Å². The van der Waals surface area contributed by atoms with E-state index in [0.29, 0.717) is 6.54 Å². The molecule has 1 aromatic heterocycles. The molecule has 90 valence electrons. The molecule has 1 heterocycles. The fourth-order valence-electron chi connectivity index (χ4n) is 1.44. The first kappa shape index (κ1) is 12.8. The molecule has 1 aromatic rings. The minimum atomic E-state index is 0.118. The van der Waals surface area contributed by atoms with Gasteiger partial charge in [0.1, 0.15) is 6.54 Å². The van der Waals surface area contributed by atoms with Crippen LogP contribution in [0.4, 0.5) is 0 Å². The molecule has 0 atom stereocenters. The SMILES string of the molecule is CCCNCc1cccn1CC(=O)N(C)C. The normalized spacial score (nSPS) is 10.4. The van der Waals surface area contributed by atoms with Crippen molar-refractivity contribution in [3.8, 4) is 0 Å². The molecule has 1 rings (SSSR count). The van der Waals surface area contributed by atoms with Gasteiger partial charge >= 0.3 is 0 Å². The lowest BCUT2D eigenvalue weighted by atomic mass is 10.4. The van der Waals surface area contributed by atoms with Crippen LogP contribution in [0.5, 0.6) is 0 Å². The van der Waals surface area contributed by atoms with E-state index in [1.165, 1.54) is 0 Å². The third-order valence-electron chi connectivity index (χ3n) is 2.46. The Morgan fingerprint density at radius 1 is 1.50 bits per heavy atom. The molecular weight excluding hydrogens is 202 g/mol. The molecule has 16 heavy (non-hydrogen) atoms. The maximum absolute atomic E-state index is 11.6. The summed E-state index contributed by atoms with van der Waals surface area (Å²) in [6.45, 7) is 4.39. The number of hydrogen-bond acceptors (Lipinski definition) is 2. The van der Waals surface area contributed by atoms with Gasteiger partial charge in [0.15, 0.2) is 0 Å². The van der Waals surface area contributed by atoms with E-state index in [-0.39, 0.29) is 5.91 Å². The number of nitrogens with zero attached hydrogens (tertiary/aromatic N) is 2. The lowest BCUT2D eigenvalue weighted by Gasteiger charge is -2.13. The van der Waals surface area contributed by atoms with Crippen LogP contribution in [-0.4, -0.2) is 36.0 Å². The summed E-state index contributed by atoms with van der Waals surface area (Å²) in [6.07, 6.45) is 3.07. The zero-order valence-electron chi connectivity index (χ0n) is 10.4. The standard InChI is InChI=1S/C12H21N3O/c1-4-7-13-9-11-6-5-8-15(11)10-12(16)14(2)3/h5-6,8,13H,4,7,9-10H2,1-3H3. The highest BCUT2D eigenvalue weighted by atomic mass is 16.2. The molecule has 4 heteroatoms. The number of carbonyl (C=O) groups excluding carboxylic acids is 1. The molecular formula is C12H21N3O. The second kappa shape index (κ2) is 6.33. The molecule has 0 aliphatic rings. The first-order valence-corrected chi connectivity index (χ1v) is 5.70. The summed E-state index contributed by atoms with van der Waals surface area (Å²) in [4.78, 5) is 13.2. The number of nitrogens with one attached hydrogen (secondary N) is 1. The van der Waals surface area contributed by atoms with Gasteiger partial charge in [-0.3, -0.25) is 4.79 Å². The van der Waals surface area contributed by atoms with E-state index < -0.39 is 0 Å². The number of amides is 1. The fraction of sp³-hybridized carbons (Fsp3) is 0.583. The zero-order chi connectivity index (χ0) is 12.0. The van der Waals surface area contributed by atoms with Crippen molar-refractivity contribution < 1.29 is 4.79 Å². The summed E-state index contributed by atoms with van der Waals surface area (Å²) in [5.74, 6) is 0.118. The van der Waals surface area contributed by atoms with Gasteiger partial charge < -0.3 is 14.8 Å². The lowest BCUT2D eigenvalue weighted by molar-refractivity contribution is -0.129. The quantitative estimate of drug-likeness (QED) is 0.733. The lowest BCUT2D eigenvalue weighted by Crippen LogP contribution is -2.27. The van der Waals surface area contributed by atoms with Crippen LogP contribution < -0.4 is 5.32 Å². The van der Waals surface area contributed by atoms with E-state index in [4.69, 9.17) is 0 Å². The van der Waals surface area contributed by atoms with Crippen molar-refractivity contribution in [3.05, 3.63) is 24.0 Å². The first-order valence-electron chi connectivity index (χ1n) is 5.70. The average molecular weight is 223 g/mol. The highest BCUT2D eigenvalue weighted by Crippen LogP contribution is 2.02. The number of hydrogen-bond donors (Lipinski definition) is 1. The van der Waals surface area contributed by atoms with Crippen molar-refractivity contribution in [2.75, 3.05) is 20.6 Å². The first-order chi connectivity index (χ1) is 7.65. The van der Waals surface area contributed by atoms with Crippen LogP contribution >= 0.6 is 0 Å². The molecule has 0 unspecified atom stereocenters. The Labute approximate surface area is 97.2 Å². The van der Waals surface area contributed by atoms with Crippen molar-refractivity contribution in [2.45, 2.75) is 26.4 Å². The highest BCUT2D eigenvalue weighted by Gasteiger charge is 2.07. The Morgan fingerprint density at radius 2 is 2.25 bits per heavy atom. The van der Waals surface area contributed by atoms with Gasteiger partial charge in [0.05, 0.1) is 0 Å². The minimum absolute atomic E-state index is 0.118. The Balaban J connectivity index is 2.53. The maximum atomic E-state index is 11.6. The Morgan fingerprint density at radius 3 is 2.88 bits per heavy atom. The minimum Gasteiger partial charge on any atom is -0.347 e. The van der Waals surface area contributed by atoms with Crippen molar-refractivity contribution in [1.29, 1.82) is 0 Å². The highest BCUT2D eigenvalue weighted by molar-refractivity contribution is 5.75. The average Bonchev–Trinajstić information content (AvgIpc) is 2.66. The van der Waals surface area contributed by atoms with Crippen LogP contribution in [0.2, 0.25) is 0 Å². The summed E-state index contributed by atoms with van der Waals surface area (Å²) in [6, 6.07) is 4.03. The van der Waals surface area contributed by atoms with Gasteiger partial charge in [-0.2, -0.15) is 0 Å². The zero-order valence-corrected chi connectivity index (χ0v) is 10.4. The number of aromatic nitrogens is 1. The molecule has 0 radical (unpaired) electrons. The predicted molar refractivity (Wildman–Crippen MR) is 65.1 cm³/mol. The van der Waals surface area contributed by atoms with Gasteiger partial charge in [-0.05, 0) is 25.1 Å². The molecule has 1 N–H and O–H groups in total. The predicted octanol–water partition coefficient (Wildman–Crippen LogP) is 1.08. The van der Waals surface area contributed by atoms with Gasteiger partial charge in [0.25, 0.3) is 0 Å². The Kier molecular flexibility index (Phi) is 5.05. The van der Waals surface area contributed by atoms with Crippen LogP contribution in [0.25, 0.3) is 0 Å². The Bertz CT molecular complexity index is 331. The number of carbonyl (C=O) groups is 1. The van der Waals surface area contributed by atoms with Crippen molar-refractivity contribution in [2.24, 2.45) is 0 Å². The monoisotopic (exact) mass is 223 g/mol. The molecule has 1 amide bonds. The van der Waals surface area contributed by atoms with Crippen molar-refractivity contribution in [3.63, 3.8) is 0 Å². The van der Waals surface area contributed by atoms with Crippen molar-refractivity contribution in [1.82, 2.24) is 14.8 Å². The molecule has 0 fully saturated rings. The third kappa shape index (κ3) is 3.70. The maximum Gasteiger partial charge on any atom is 0.241 e. The summed E-state index contributed by atoms with van der Waals surface area (Å²) in [7, 11) is 3.56. The molecule has 0 aromatic carbocycles. The number of rotatable bonds is 6. The van der Waals surface area contributed by atoms with E-state index >= 15 is 0 Å². The van der Waals surface area contributed by atoms with Gasteiger partial charge in [-0.1, -0.05) is 6.92 Å². The summed E-state index contributed by atoms with van der Waals surface area (Å²) >= 11 is 0. The Hall–Kier alpha value is -1.29. The smallest absolute Gasteiger partial charge is 0.241 e. The molecule has 0 aliphatic heterocycles. The van der Waals surface area contributed by atoms with E-state index in [9.17, 15) is 4.79 Å². The van der Waals surface area contributed by atoms with Crippen molar-refractivity contribution >= 4 is 5.91 Å². The fourth-order valence-corrected chi connectivity index (χ4v) is 1.44. The summed E-state index contributed by atoms with van der Waals surface area (Å²) < 4.78 is 1.99. The van der Waals surface area contributed by atoms with E-state index in [0.717, 1.165) is 25.2 Å². The van der Waals surface area contributed by atoms with Crippen LogP contribution in [0, 0.1) is 0 Å². The van der Waals surface area contributed by atoms with Crippen LogP contribution in [0.1, 0.15) is 19.0 Å². The summed E-state index contributed by atoms with van der Waals surface area (Å²) in [5.41, 5.74) is 1.16. The molecule has 0 bridgehead atoms. The molecule has 0 aliphatic carbocycles. The molecule has 0 saturated heterocycles. The van der Waals surface area contributed by atoms with Crippen LogP contribution in [0.15, 0.2) is 18.3 Å². The molecule has 4 nitrogen and oxygen atoms in total. The second-order valence-corrected chi connectivity index (χ2v) is 4.09. The van der Waals surface area contributed by atoms with Crippen LogP contribution in [0.3, 0.4) is 0 Å². The topological polar surface area (TPSA) is 37.3 Å². The third-order valence-corrected chi connectivity index (χ3v) is 2.46. The number of likely N-dealkylation sites (N-methyl/N-ethyl adjacent to an activating group) is 1. The molecule has 0 saturated carbocycles. The second-order valence-electron chi connectivity index (χ2n) is 4.09. The van der Waals surface area contributed by atoms with E-state index in [2.05, 4.69) is 12.2 Å². The van der Waals surface area contributed by atoms with E-state index in [1.54, 1.807) is 19.0 Å². The van der Waals surface area contributed by atoms with Gasteiger partial charge in [0.2, 0.25) is 5.91 Å². The van der Waals surface area contributed by atoms with Crippen LogP contribution in [-0.2, 0) is 17.9 Å². The van der Waals surface area contributed by atoms with Gasteiger partial charge in [0, 0.05) is 32.5 Å². The van der Waals surface area contributed by atoms with Gasteiger partial charge in [-0.25, -0.2) is 0 Å².